The molecule has 3 rings (SSSR count). The molecule has 0 radical (unpaired) electrons. The van der Waals surface area contributed by atoms with Gasteiger partial charge in [-0.15, -0.1) is 0 Å². The Morgan fingerprint density at radius 1 is 1.16 bits per heavy atom. The number of hydrogen-bond donors (Lipinski definition) is 1. The summed E-state index contributed by atoms with van der Waals surface area (Å²) in [6.45, 7) is 4.05. The van der Waals surface area contributed by atoms with Crippen molar-refractivity contribution in [1.82, 2.24) is 4.98 Å². The van der Waals surface area contributed by atoms with Crippen LogP contribution < -0.4 is 15.0 Å². The number of carbonyl (C=O) groups excluding carboxylic acids is 1. The second-order valence-electron chi connectivity index (χ2n) is 6.27. The Morgan fingerprint density at radius 3 is 2.56 bits per heavy atom. The summed E-state index contributed by atoms with van der Waals surface area (Å²) in [5.41, 5.74) is 0.695. The van der Waals surface area contributed by atoms with E-state index in [1.807, 2.05) is 49.4 Å². The highest BCUT2D eigenvalue weighted by Crippen LogP contribution is 2.19. The molecule has 0 saturated carbocycles. The van der Waals surface area contributed by atoms with E-state index in [9.17, 15) is 4.79 Å². The molecule has 0 aliphatic carbocycles. The van der Waals surface area contributed by atoms with Crippen LogP contribution in [0.25, 0.3) is 0 Å². The monoisotopic (exact) mass is 339 g/mol. The maximum absolute atomic E-state index is 12.5. The Balaban J connectivity index is 1.59. The van der Waals surface area contributed by atoms with E-state index in [0.29, 0.717) is 17.9 Å². The zero-order chi connectivity index (χ0) is 17.5. The predicted octanol–water partition coefficient (Wildman–Crippen LogP) is 3.87. The largest absolute Gasteiger partial charge is 0.481 e. The van der Waals surface area contributed by atoms with E-state index < -0.39 is 6.10 Å². The van der Waals surface area contributed by atoms with Crippen LogP contribution in [0.3, 0.4) is 0 Å². The highest BCUT2D eigenvalue weighted by molar-refractivity contribution is 5.94. The number of rotatable bonds is 6. The fraction of sp³-hybridized carbons (Fsp3) is 0.400. The van der Waals surface area contributed by atoms with Crippen molar-refractivity contribution < 1.29 is 9.53 Å². The number of pyridine rings is 1. The number of para-hydroxylation sites is 1. The lowest BCUT2D eigenvalue weighted by Gasteiger charge is -2.27. The summed E-state index contributed by atoms with van der Waals surface area (Å²) in [4.78, 5) is 19.2. The highest BCUT2D eigenvalue weighted by Gasteiger charge is 2.19. The molecule has 0 spiro atoms. The molecule has 1 aromatic carbocycles. The molecular formula is C20H25N3O2. The Bertz CT molecular complexity index is 667. The summed E-state index contributed by atoms with van der Waals surface area (Å²) in [7, 11) is 0. The average Bonchev–Trinajstić information content (AvgIpc) is 2.68. The molecule has 2 heterocycles. The van der Waals surface area contributed by atoms with Gasteiger partial charge in [0.2, 0.25) is 0 Å². The number of amides is 1. The maximum Gasteiger partial charge on any atom is 0.265 e. The highest BCUT2D eigenvalue weighted by atomic mass is 16.5. The third-order valence-corrected chi connectivity index (χ3v) is 4.38. The number of nitrogens with one attached hydrogen (secondary N) is 1. The van der Waals surface area contributed by atoms with Gasteiger partial charge in [0.05, 0.1) is 11.9 Å². The summed E-state index contributed by atoms with van der Waals surface area (Å²) in [5, 5.41) is 2.90. The number of carbonyl (C=O) groups is 1. The van der Waals surface area contributed by atoms with Crippen molar-refractivity contribution in [2.24, 2.45) is 0 Å². The van der Waals surface area contributed by atoms with Crippen molar-refractivity contribution in [3.05, 3.63) is 48.7 Å². The van der Waals surface area contributed by atoms with Crippen molar-refractivity contribution >= 4 is 17.4 Å². The van der Waals surface area contributed by atoms with Gasteiger partial charge >= 0.3 is 0 Å². The molecule has 1 N–H and O–H groups in total. The molecule has 1 aromatic heterocycles. The smallest absolute Gasteiger partial charge is 0.265 e. The van der Waals surface area contributed by atoms with Crippen molar-refractivity contribution in [3.8, 4) is 5.75 Å². The van der Waals surface area contributed by atoms with Crippen LogP contribution in [0, 0.1) is 0 Å². The zero-order valence-corrected chi connectivity index (χ0v) is 14.6. The minimum atomic E-state index is -0.524. The summed E-state index contributed by atoms with van der Waals surface area (Å²) in [6, 6.07) is 13.3. The number of nitrogens with zero attached hydrogens (tertiary/aromatic N) is 2. The van der Waals surface area contributed by atoms with Gasteiger partial charge in [0.1, 0.15) is 11.6 Å². The molecule has 1 unspecified atom stereocenters. The second kappa shape index (κ2) is 8.51. The quantitative estimate of drug-likeness (QED) is 0.868. The Morgan fingerprint density at radius 2 is 1.92 bits per heavy atom. The fourth-order valence-corrected chi connectivity index (χ4v) is 2.98. The van der Waals surface area contributed by atoms with E-state index in [1.165, 1.54) is 19.3 Å². The maximum atomic E-state index is 12.5. The number of hydrogen-bond acceptors (Lipinski definition) is 4. The molecule has 132 valence electrons. The summed E-state index contributed by atoms with van der Waals surface area (Å²) < 4.78 is 5.78. The number of anilines is 2. The van der Waals surface area contributed by atoms with E-state index >= 15 is 0 Å². The van der Waals surface area contributed by atoms with Crippen molar-refractivity contribution in [1.29, 1.82) is 0 Å². The first-order valence-corrected chi connectivity index (χ1v) is 9.00. The van der Waals surface area contributed by atoms with Crippen LogP contribution in [0.15, 0.2) is 48.7 Å². The van der Waals surface area contributed by atoms with Crippen LogP contribution in [-0.4, -0.2) is 30.1 Å². The molecule has 1 fully saturated rings. The number of benzene rings is 1. The van der Waals surface area contributed by atoms with Crippen molar-refractivity contribution in [3.63, 3.8) is 0 Å². The minimum Gasteiger partial charge on any atom is -0.481 e. The van der Waals surface area contributed by atoms with E-state index in [2.05, 4.69) is 15.2 Å². The van der Waals surface area contributed by atoms with Crippen molar-refractivity contribution in [2.45, 2.75) is 38.7 Å². The number of aromatic nitrogens is 1. The minimum absolute atomic E-state index is 0.154. The van der Waals surface area contributed by atoms with Gasteiger partial charge in [-0.3, -0.25) is 4.79 Å². The van der Waals surface area contributed by atoms with Crippen LogP contribution in [0.1, 0.15) is 32.6 Å². The average molecular weight is 339 g/mol. The third kappa shape index (κ3) is 4.72. The predicted molar refractivity (Wildman–Crippen MR) is 100 cm³/mol. The normalized spacial score (nSPS) is 15.5. The summed E-state index contributed by atoms with van der Waals surface area (Å²) in [6.07, 6.45) is 5.52. The lowest BCUT2D eigenvalue weighted by atomic mass is 10.1. The van der Waals surface area contributed by atoms with Gasteiger partial charge in [-0.25, -0.2) is 4.98 Å². The molecule has 1 aliphatic heterocycles. The standard InChI is InChI=1S/C20H25N3O2/c1-2-18(25-17-9-5-3-6-10-17)20(24)22-16-11-12-19(21-15-16)23-13-7-4-8-14-23/h3,5-6,9-12,15,18H,2,4,7-8,13-14H2,1H3,(H,22,24). The Labute approximate surface area is 149 Å². The molecule has 5 heteroatoms. The molecule has 25 heavy (non-hydrogen) atoms. The van der Waals surface area contributed by atoms with Gasteiger partial charge in [0.25, 0.3) is 5.91 Å². The molecule has 1 atom stereocenters. The SMILES string of the molecule is CCC(Oc1ccccc1)C(=O)Nc1ccc(N2CCCCC2)nc1. The van der Waals surface area contributed by atoms with E-state index in [0.717, 1.165) is 18.9 Å². The van der Waals surface area contributed by atoms with Crippen LogP contribution in [0.4, 0.5) is 11.5 Å². The molecule has 1 aliphatic rings. The first-order valence-electron chi connectivity index (χ1n) is 9.00. The second-order valence-corrected chi connectivity index (χ2v) is 6.27. The molecular weight excluding hydrogens is 314 g/mol. The van der Waals surface area contributed by atoms with Gasteiger partial charge in [-0.1, -0.05) is 25.1 Å². The first-order chi connectivity index (χ1) is 12.3. The van der Waals surface area contributed by atoms with E-state index in [4.69, 9.17) is 4.74 Å². The van der Waals surface area contributed by atoms with E-state index in [1.54, 1.807) is 6.20 Å². The first kappa shape index (κ1) is 17.3. The molecule has 1 saturated heterocycles. The lowest BCUT2D eigenvalue weighted by Crippen LogP contribution is -2.32. The van der Waals surface area contributed by atoms with Crippen LogP contribution in [0.2, 0.25) is 0 Å². The van der Waals surface area contributed by atoms with Crippen LogP contribution >= 0.6 is 0 Å². The van der Waals surface area contributed by atoms with E-state index in [-0.39, 0.29) is 5.91 Å². The Kier molecular flexibility index (Phi) is 5.88. The van der Waals surface area contributed by atoms with Gasteiger partial charge in [0, 0.05) is 13.1 Å². The van der Waals surface area contributed by atoms with Gasteiger partial charge in [-0.05, 0) is 49.9 Å². The topological polar surface area (TPSA) is 54.5 Å². The summed E-state index contributed by atoms with van der Waals surface area (Å²) >= 11 is 0. The number of ether oxygens (including phenoxy) is 1. The van der Waals surface area contributed by atoms with Crippen LogP contribution in [-0.2, 0) is 4.79 Å². The number of piperidine rings is 1. The van der Waals surface area contributed by atoms with Gasteiger partial charge < -0.3 is 15.0 Å². The van der Waals surface area contributed by atoms with Crippen LogP contribution in [0.5, 0.6) is 5.75 Å². The molecule has 5 nitrogen and oxygen atoms in total. The lowest BCUT2D eigenvalue weighted by molar-refractivity contribution is -0.122. The zero-order valence-electron chi connectivity index (χ0n) is 14.6. The van der Waals surface area contributed by atoms with Crippen molar-refractivity contribution in [2.75, 3.05) is 23.3 Å². The third-order valence-electron chi connectivity index (χ3n) is 4.38. The molecule has 0 bridgehead atoms. The Hall–Kier alpha value is -2.56. The molecule has 1 amide bonds. The fourth-order valence-electron chi connectivity index (χ4n) is 2.98. The molecule has 2 aromatic rings. The van der Waals surface area contributed by atoms with Gasteiger partial charge in [-0.2, -0.15) is 0 Å². The summed E-state index contributed by atoms with van der Waals surface area (Å²) in [5.74, 6) is 1.52. The van der Waals surface area contributed by atoms with Gasteiger partial charge in [0.15, 0.2) is 6.10 Å².